The van der Waals surface area contributed by atoms with E-state index in [9.17, 15) is 0 Å². The summed E-state index contributed by atoms with van der Waals surface area (Å²) in [5.74, 6) is 0. The molecule has 0 bridgehead atoms. The minimum absolute atomic E-state index is 0. The van der Waals surface area contributed by atoms with Crippen LogP contribution in [0.15, 0.2) is 0 Å². The second-order valence-electron chi connectivity index (χ2n) is 0. The van der Waals surface area contributed by atoms with Crippen LogP contribution in [0.1, 0.15) is 0 Å². The van der Waals surface area contributed by atoms with E-state index >= 15 is 0 Å². The maximum Gasteiger partial charge on any atom is 3.00 e. The van der Waals surface area contributed by atoms with Crippen LogP contribution < -0.4 is 28.2 Å². The number of rotatable bonds is 0. The minimum Gasteiger partial charge on any atom is -1.00 e. The Balaban J connectivity index is 0. The van der Waals surface area contributed by atoms with Crippen LogP contribution in [-0.4, -0.2) is 0 Å². The van der Waals surface area contributed by atoms with Gasteiger partial charge >= 0.3 is 76.8 Å². The molecule has 0 aromatic rings. The number of hydrogen-bond acceptors (Lipinski definition) is 0. The van der Waals surface area contributed by atoms with Crippen molar-refractivity contribution in [2.45, 2.75) is 0 Å². The molecule has 8 heavy (non-hydrogen) atoms. The Kier molecular flexibility index (Phi) is 3060. The summed E-state index contributed by atoms with van der Waals surface area (Å²) in [6, 6.07) is 0. The van der Waals surface area contributed by atoms with Crippen molar-refractivity contribution in [3.8, 4) is 0 Å². The maximum atomic E-state index is 0. The average molecular weight is 446 g/mol. The van der Waals surface area contributed by atoms with E-state index in [2.05, 4.69) is 0 Å². The van der Waals surface area contributed by atoms with Crippen molar-refractivity contribution in [1.29, 1.82) is 0 Å². The van der Waals surface area contributed by atoms with Crippen LogP contribution in [0.5, 0.6) is 0 Å². The van der Waals surface area contributed by atoms with Gasteiger partial charge in [0, 0.05) is 0 Å². The molecule has 0 rings (SSSR count). The molecule has 0 nitrogen and oxygen atoms in total. The summed E-state index contributed by atoms with van der Waals surface area (Å²) < 4.78 is 0. The van der Waals surface area contributed by atoms with Gasteiger partial charge in [0.15, 0.2) is 0 Å². The van der Waals surface area contributed by atoms with E-state index in [-0.39, 0.29) is 105 Å². The Bertz CT molecular complexity index is 8.49. The zero-order valence-corrected chi connectivity index (χ0v) is 6.80. The van der Waals surface area contributed by atoms with Gasteiger partial charge < -0.3 is 28.2 Å². The van der Waals surface area contributed by atoms with Crippen LogP contribution in [0.2, 0.25) is 0 Å². The zero-order valence-electron chi connectivity index (χ0n) is 2.88. The predicted octanol–water partition coefficient (Wildman–Crippen LogP) is -18.0. The summed E-state index contributed by atoms with van der Waals surface area (Å²) >= 11 is 0. The smallest absolute Gasteiger partial charge is 1.00 e. The largest absolute Gasteiger partial charge is 3.00 e. The maximum absolute atomic E-state index is 0. The van der Waals surface area contributed by atoms with E-state index in [0.717, 1.165) is 0 Å². The van der Waals surface area contributed by atoms with E-state index in [0.29, 0.717) is 0 Å². The predicted molar refractivity (Wildman–Crippen MR) is 0 cm³/mol. The summed E-state index contributed by atoms with van der Waals surface area (Å²) in [6.45, 7) is 0. The van der Waals surface area contributed by atoms with Gasteiger partial charge in [-0.1, -0.05) is 0 Å². The van der Waals surface area contributed by atoms with Gasteiger partial charge in [-0.3, -0.25) is 0 Å². The summed E-state index contributed by atoms with van der Waals surface area (Å²) in [6.07, 6.45) is 0. The van der Waals surface area contributed by atoms with Gasteiger partial charge in [0.2, 0.25) is 0 Å². The van der Waals surface area contributed by atoms with Crippen molar-refractivity contribution in [1.82, 2.24) is 0 Å². The second kappa shape index (κ2) is 132. The van der Waals surface area contributed by atoms with Crippen molar-refractivity contribution < 1.29 is 105 Å². The van der Waals surface area contributed by atoms with Crippen molar-refractivity contribution in [3.05, 3.63) is 0 Å². The topological polar surface area (TPSA) is 0 Å². The van der Waals surface area contributed by atoms with Crippen LogP contribution in [-0.2, 0) is 0 Å². The molecule has 0 saturated carbocycles. The van der Waals surface area contributed by atoms with E-state index < -0.39 is 0 Å². The molecule has 1 radical (unpaired) electrons. The minimum atomic E-state index is 0. The molecule has 65 valence electrons. The fourth-order valence-electron chi connectivity index (χ4n) is 0. The number of halogens is 6. The molecular weight excluding hydrogens is 446 g/mol. The molecule has 0 atom stereocenters. The van der Waals surface area contributed by atoms with E-state index in [4.69, 9.17) is 0 Å². The molecule has 0 N–H and O–H groups in total. The Labute approximate surface area is 103 Å². The van der Waals surface area contributed by atoms with Crippen molar-refractivity contribution in [2.24, 2.45) is 0 Å². The van der Waals surface area contributed by atoms with Gasteiger partial charge in [-0.15, -0.1) is 0 Å². The molecule has 0 aliphatic rings. The van der Waals surface area contributed by atoms with E-state index in [1.165, 1.54) is 0 Å². The molecule has 8 heteroatoms. The summed E-state index contributed by atoms with van der Waals surface area (Å²) in [7, 11) is 0. The van der Waals surface area contributed by atoms with Gasteiger partial charge in [-0.2, -0.15) is 0 Å². The van der Waals surface area contributed by atoms with Crippen LogP contribution in [0, 0.1) is 76.8 Å². The molecule has 0 fully saturated rings. The monoisotopic (exact) mass is 447 g/mol. The van der Waals surface area contributed by atoms with Gasteiger partial charge in [0.05, 0.1) is 0 Å². The van der Waals surface area contributed by atoms with E-state index in [1.807, 2.05) is 0 Å². The standard InChI is InChI=1S/6FH.Gd.Lu/h6*1H;;/q;;;;;;2*+3/p-6. The van der Waals surface area contributed by atoms with Crippen molar-refractivity contribution in [3.63, 3.8) is 0 Å². The Hall–Kier alpha value is 2.14. The molecule has 0 amide bonds. The third-order valence-corrected chi connectivity index (χ3v) is 0. The molecule has 0 aromatic carbocycles. The molecule has 0 heterocycles. The fraction of sp³-hybridized carbons (Fsp3) is 0. The van der Waals surface area contributed by atoms with Gasteiger partial charge in [0.1, 0.15) is 0 Å². The van der Waals surface area contributed by atoms with Crippen molar-refractivity contribution in [2.75, 3.05) is 0 Å². The Morgan fingerprint density at radius 2 is 0.375 bits per heavy atom. The molecule has 0 aliphatic carbocycles. The molecule has 0 aliphatic heterocycles. The zero-order chi connectivity index (χ0) is 0. The second-order valence-corrected chi connectivity index (χ2v) is 0. The quantitative estimate of drug-likeness (QED) is 0.325. The van der Waals surface area contributed by atoms with Gasteiger partial charge in [0.25, 0.3) is 0 Å². The summed E-state index contributed by atoms with van der Waals surface area (Å²) in [4.78, 5) is 0. The molecule has 0 saturated heterocycles. The number of hydrogen-bond donors (Lipinski definition) is 0. The fourth-order valence-corrected chi connectivity index (χ4v) is 0. The first kappa shape index (κ1) is 185. The average Bonchev–Trinajstić information content (AvgIpc) is 0. The van der Waals surface area contributed by atoms with Gasteiger partial charge in [-0.25, -0.2) is 0 Å². The third kappa shape index (κ3) is 90.7. The summed E-state index contributed by atoms with van der Waals surface area (Å²) in [5, 5.41) is 0. The summed E-state index contributed by atoms with van der Waals surface area (Å²) in [5.41, 5.74) is 0. The van der Waals surface area contributed by atoms with E-state index in [1.54, 1.807) is 0 Å². The Morgan fingerprint density at radius 1 is 0.375 bits per heavy atom. The third-order valence-electron chi connectivity index (χ3n) is 0. The normalized spacial score (nSPS) is 0. The first-order valence-corrected chi connectivity index (χ1v) is 0. The van der Waals surface area contributed by atoms with Crippen LogP contribution in [0.3, 0.4) is 0 Å². The SMILES string of the molecule is [F-].[F-].[F-].[F-].[F-].[F-].[Gd+3].[Lu+3]. The molecule has 0 unspecified atom stereocenters. The molecular formula is F6GdLu. The molecule has 0 spiro atoms. The first-order chi connectivity index (χ1) is 0. The Morgan fingerprint density at radius 3 is 0.375 bits per heavy atom. The van der Waals surface area contributed by atoms with Crippen molar-refractivity contribution >= 4 is 0 Å². The van der Waals surface area contributed by atoms with Crippen LogP contribution >= 0.6 is 0 Å². The van der Waals surface area contributed by atoms with Crippen LogP contribution in [0.25, 0.3) is 0 Å². The molecule has 0 aromatic heterocycles. The first-order valence-electron chi connectivity index (χ1n) is 0. The van der Waals surface area contributed by atoms with Crippen LogP contribution in [0.4, 0.5) is 0 Å². The van der Waals surface area contributed by atoms with Gasteiger partial charge in [-0.05, 0) is 0 Å².